The fourth-order valence-corrected chi connectivity index (χ4v) is 4.17. The molecule has 1 amide bonds. The number of carbonyl (C=O) groups excluding carboxylic acids is 1. The molecule has 1 aliphatic carbocycles. The second-order valence-electron chi connectivity index (χ2n) is 4.79. The SMILES string of the molecule is O=C(NCc1cc2c(s1)CCC2)c1c(F)cccc1Br. The Bertz CT molecular complexity index is 626. The van der Waals surface area contributed by atoms with Gasteiger partial charge in [0, 0.05) is 14.2 Å². The zero-order valence-corrected chi connectivity index (χ0v) is 13.1. The van der Waals surface area contributed by atoms with Crippen molar-refractivity contribution in [3.8, 4) is 0 Å². The minimum atomic E-state index is -0.509. The number of hydrogen-bond acceptors (Lipinski definition) is 2. The van der Waals surface area contributed by atoms with Crippen LogP contribution in [-0.2, 0) is 19.4 Å². The molecule has 0 radical (unpaired) electrons. The smallest absolute Gasteiger partial charge is 0.255 e. The van der Waals surface area contributed by atoms with Gasteiger partial charge in [0.1, 0.15) is 5.82 Å². The third-order valence-corrected chi connectivity index (χ3v) is 5.31. The first-order chi connectivity index (χ1) is 9.65. The normalized spacial score (nSPS) is 13.3. The zero-order chi connectivity index (χ0) is 14.1. The number of rotatable bonds is 3. The summed E-state index contributed by atoms with van der Waals surface area (Å²) in [4.78, 5) is 14.6. The molecule has 1 heterocycles. The maximum Gasteiger partial charge on any atom is 0.255 e. The molecule has 1 N–H and O–H groups in total. The number of halogens is 2. The minimum absolute atomic E-state index is 0.0663. The molecule has 3 rings (SSSR count). The molecule has 1 aliphatic rings. The van der Waals surface area contributed by atoms with E-state index in [0.29, 0.717) is 11.0 Å². The summed E-state index contributed by atoms with van der Waals surface area (Å²) >= 11 is 4.96. The van der Waals surface area contributed by atoms with E-state index in [1.54, 1.807) is 23.5 Å². The highest BCUT2D eigenvalue weighted by Crippen LogP contribution is 2.30. The summed E-state index contributed by atoms with van der Waals surface area (Å²) in [6, 6.07) is 6.68. The molecule has 0 atom stereocenters. The Morgan fingerprint density at radius 2 is 2.25 bits per heavy atom. The maximum atomic E-state index is 13.7. The van der Waals surface area contributed by atoms with Gasteiger partial charge < -0.3 is 5.32 Å². The Labute approximate surface area is 129 Å². The molecule has 0 unspecified atom stereocenters. The van der Waals surface area contributed by atoms with Gasteiger partial charge in [-0.25, -0.2) is 4.39 Å². The first-order valence-corrected chi connectivity index (χ1v) is 8.09. The maximum absolute atomic E-state index is 13.7. The summed E-state index contributed by atoms with van der Waals surface area (Å²) in [5.74, 6) is -0.894. The lowest BCUT2D eigenvalue weighted by Gasteiger charge is -2.06. The van der Waals surface area contributed by atoms with E-state index in [0.717, 1.165) is 17.7 Å². The summed E-state index contributed by atoms with van der Waals surface area (Å²) in [6.45, 7) is 0.456. The predicted octanol–water partition coefficient (Wildman–Crippen LogP) is 4.07. The monoisotopic (exact) mass is 353 g/mol. The van der Waals surface area contributed by atoms with Crippen LogP contribution in [-0.4, -0.2) is 5.91 Å². The number of carbonyl (C=O) groups is 1. The minimum Gasteiger partial charge on any atom is -0.347 e. The van der Waals surface area contributed by atoms with E-state index in [1.807, 2.05) is 0 Å². The van der Waals surface area contributed by atoms with Gasteiger partial charge in [-0.1, -0.05) is 6.07 Å². The topological polar surface area (TPSA) is 29.1 Å². The number of aryl methyl sites for hydroxylation is 2. The van der Waals surface area contributed by atoms with Gasteiger partial charge in [-0.15, -0.1) is 11.3 Å². The number of thiophene rings is 1. The molecular weight excluding hydrogens is 341 g/mol. The fraction of sp³-hybridized carbons (Fsp3) is 0.267. The Kier molecular flexibility index (Phi) is 3.89. The van der Waals surface area contributed by atoms with Gasteiger partial charge in [0.25, 0.3) is 5.91 Å². The van der Waals surface area contributed by atoms with Crippen molar-refractivity contribution >= 4 is 33.2 Å². The van der Waals surface area contributed by atoms with E-state index in [9.17, 15) is 9.18 Å². The van der Waals surface area contributed by atoms with Crippen molar-refractivity contribution in [3.05, 3.63) is 55.4 Å². The van der Waals surface area contributed by atoms with Crippen LogP contribution in [0.25, 0.3) is 0 Å². The van der Waals surface area contributed by atoms with Crippen molar-refractivity contribution in [3.63, 3.8) is 0 Å². The molecule has 0 aliphatic heterocycles. The van der Waals surface area contributed by atoms with Crippen LogP contribution in [0.15, 0.2) is 28.7 Å². The van der Waals surface area contributed by atoms with E-state index in [-0.39, 0.29) is 11.5 Å². The van der Waals surface area contributed by atoms with Crippen molar-refractivity contribution in [2.45, 2.75) is 25.8 Å². The third kappa shape index (κ3) is 2.65. The van der Waals surface area contributed by atoms with Gasteiger partial charge in [-0.2, -0.15) is 0 Å². The average molecular weight is 354 g/mol. The van der Waals surface area contributed by atoms with Crippen LogP contribution in [0.5, 0.6) is 0 Å². The molecule has 2 aromatic rings. The van der Waals surface area contributed by atoms with Crippen molar-refractivity contribution in [1.29, 1.82) is 0 Å². The highest BCUT2D eigenvalue weighted by Gasteiger charge is 2.17. The van der Waals surface area contributed by atoms with Gasteiger partial charge in [0.05, 0.1) is 12.1 Å². The quantitative estimate of drug-likeness (QED) is 0.885. The van der Waals surface area contributed by atoms with Gasteiger partial charge in [0.15, 0.2) is 0 Å². The van der Waals surface area contributed by atoms with Crippen molar-refractivity contribution in [2.24, 2.45) is 0 Å². The van der Waals surface area contributed by atoms with Gasteiger partial charge >= 0.3 is 0 Å². The Hall–Kier alpha value is -1.20. The fourth-order valence-electron chi connectivity index (χ4n) is 2.45. The number of hydrogen-bond donors (Lipinski definition) is 1. The van der Waals surface area contributed by atoms with E-state index < -0.39 is 5.82 Å². The molecule has 1 aromatic carbocycles. The van der Waals surface area contributed by atoms with Crippen LogP contribution in [0.2, 0.25) is 0 Å². The van der Waals surface area contributed by atoms with E-state index in [2.05, 4.69) is 27.3 Å². The molecule has 0 saturated heterocycles. The van der Waals surface area contributed by atoms with Crippen LogP contribution >= 0.6 is 27.3 Å². The predicted molar refractivity (Wildman–Crippen MR) is 81.6 cm³/mol. The second kappa shape index (κ2) is 5.66. The van der Waals surface area contributed by atoms with Crippen LogP contribution in [0.4, 0.5) is 4.39 Å². The number of fused-ring (bicyclic) bond motifs is 1. The summed E-state index contributed by atoms with van der Waals surface area (Å²) in [5, 5.41) is 2.79. The van der Waals surface area contributed by atoms with Gasteiger partial charge in [0.2, 0.25) is 0 Å². The van der Waals surface area contributed by atoms with Crippen LogP contribution in [0.3, 0.4) is 0 Å². The Morgan fingerprint density at radius 3 is 3.00 bits per heavy atom. The standard InChI is InChI=1S/C15H13BrFNOS/c16-11-4-2-5-12(17)14(11)15(19)18-8-10-7-9-3-1-6-13(9)20-10/h2,4-5,7H,1,3,6,8H2,(H,18,19). The summed E-state index contributed by atoms with van der Waals surface area (Å²) in [5.41, 5.74) is 1.47. The Morgan fingerprint density at radius 1 is 1.40 bits per heavy atom. The number of benzene rings is 1. The van der Waals surface area contributed by atoms with E-state index in [4.69, 9.17) is 0 Å². The Balaban J connectivity index is 1.70. The molecule has 2 nitrogen and oxygen atoms in total. The summed E-state index contributed by atoms with van der Waals surface area (Å²) in [6.07, 6.45) is 3.52. The molecule has 0 spiro atoms. The summed E-state index contributed by atoms with van der Waals surface area (Å²) in [7, 11) is 0. The molecular formula is C15H13BrFNOS. The van der Waals surface area contributed by atoms with E-state index in [1.165, 1.54) is 22.9 Å². The van der Waals surface area contributed by atoms with Crippen molar-refractivity contribution in [1.82, 2.24) is 5.32 Å². The van der Waals surface area contributed by atoms with Crippen LogP contribution < -0.4 is 5.32 Å². The third-order valence-electron chi connectivity index (χ3n) is 3.41. The van der Waals surface area contributed by atoms with Crippen molar-refractivity contribution < 1.29 is 9.18 Å². The highest BCUT2D eigenvalue weighted by molar-refractivity contribution is 9.10. The molecule has 5 heteroatoms. The first-order valence-electron chi connectivity index (χ1n) is 6.48. The second-order valence-corrected chi connectivity index (χ2v) is 6.87. The molecule has 104 valence electrons. The van der Waals surface area contributed by atoms with Gasteiger partial charge in [-0.3, -0.25) is 4.79 Å². The largest absolute Gasteiger partial charge is 0.347 e. The molecule has 20 heavy (non-hydrogen) atoms. The zero-order valence-electron chi connectivity index (χ0n) is 10.7. The lowest BCUT2D eigenvalue weighted by atomic mass is 10.2. The lowest BCUT2D eigenvalue weighted by molar-refractivity contribution is 0.0946. The average Bonchev–Trinajstić information content (AvgIpc) is 2.96. The molecule has 0 bridgehead atoms. The molecule has 1 aromatic heterocycles. The van der Waals surface area contributed by atoms with E-state index >= 15 is 0 Å². The van der Waals surface area contributed by atoms with Crippen molar-refractivity contribution in [2.75, 3.05) is 0 Å². The number of amides is 1. The van der Waals surface area contributed by atoms with Gasteiger partial charge in [-0.05, 0) is 59.0 Å². The van der Waals surface area contributed by atoms with Crippen LogP contribution in [0, 0.1) is 5.82 Å². The first kappa shape index (κ1) is 13.8. The summed E-state index contributed by atoms with van der Waals surface area (Å²) < 4.78 is 14.1. The highest BCUT2D eigenvalue weighted by atomic mass is 79.9. The lowest BCUT2D eigenvalue weighted by Crippen LogP contribution is -2.23. The number of nitrogens with one attached hydrogen (secondary N) is 1. The molecule has 0 fully saturated rings. The van der Waals surface area contributed by atoms with Crippen LogP contribution in [0.1, 0.15) is 32.1 Å². The molecule has 0 saturated carbocycles.